The third-order valence-electron chi connectivity index (χ3n) is 1.78. The van der Waals surface area contributed by atoms with Crippen molar-refractivity contribution in [2.45, 2.75) is 13.5 Å². The first-order valence-corrected chi connectivity index (χ1v) is 4.29. The van der Waals surface area contributed by atoms with Gasteiger partial charge in [0.1, 0.15) is 6.54 Å². The van der Waals surface area contributed by atoms with Crippen LogP contribution in [0.25, 0.3) is 0 Å². The first-order chi connectivity index (χ1) is 6.65. The maximum atomic E-state index is 11.5. The van der Waals surface area contributed by atoms with Crippen molar-refractivity contribution in [2.24, 2.45) is 0 Å². The number of rotatable bonds is 2. The molecule has 0 saturated heterocycles. The van der Waals surface area contributed by atoms with Crippen LogP contribution in [0.3, 0.4) is 0 Å². The summed E-state index contributed by atoms with van der Waals surface area (Å²) >= 11 is 0. The minimum Gasteiger partial charge on any atom is -0.376 e. The van der Waals surface area contributed by atoms with Crippen molar-refractivity contribution < 1.29 is 0 Å². The van der Waals surface area contributed by atoms with Crippen molar-refractivity contribution in [2.75, 3.05) is 19.0 Å². The highest BCUT2D eigenvalue weighted by atomic mass is 16.1. The summed E-state index contributed by atoms with van der Waals surface area (Å²) in [5.41, 5.74) is 0.676. The molecule has 0 bridgehead atoms. The molecule has 0 amide bonds. The molecule has 1 heterocycles. The minimum atomic E-state index is -0.126. The van der Waals surface area contributed by atoms with Crippen LogP contribution in [-0.2, 0) is 6.54 Å². The van der Waals surface area contributed by atoms with E-state index in [2.05, 4.69) is 16.9 Å². The van der Waals surface area contributed by atoms with Crippen LogP contribution < -0.4 is 10.5 Å². The molecule has 0 saturated carbocycles. The first kappa shape index (κ1) is 10.3. The summed E-state index contributed by atoms with van der Waals surface area (Å²) < 4.78 is 1.34. The standard InChI is InChI=1S/C10H13N3O/c1-4-5-6-13-10(14)7-9(8-11-13)12(2)3/h7-8H,6H2,1-3H3. The van der Waals surface area contributed by atoms with Gasteiger partial charge in [-0.3, -0.25) is 4.79 Å². The molecule has 0 fully saturated rings. The van der Waals surface area contributed by atoms with Crippen molar-refractivity contribution in [3.05, 3.63) is 22.6 Å². The highest BCUT2D eigenvalue weighted by Gasteiger charge is 1.99. The van der Waals surface area contributed by atoms with E-state index >= 15 is 0 Å². The average molecular weight is 191 g/mol. The van der Waals surface area contributed by atoms with E-state index in [1.807, 2.05) is 19.0 Å². The zero-order valence-corrected chi connectivity index (χ0v) is 8.61. The maximum Gasteiger partial charge on any atom is 0.269 e. The minimum absolute atomic E-state index is 0.126. The zero-order chi connectivity index (χ0) is 10.6. The highest BCUT2D eigenvalue weighted by molar-refractivity contribution is 5.40. The molecular weight excluding hydrogens is 178 g/mol. The lowest BCUT2D eigenvalue weighted by molar-refractivity contribution is 0.661. The lowest BCUT2D eigenvalue weighted by Gasteiger charge is -2.11. The Labute approximate surface area is 83.2 Å². The van der Waals surface area contributed by atoms with E-state index in [1.54, 1.807) is 19.2 Å². The average Bonchev–Trinajstić information content (AvgIpc) is 2.15. The Kier molecular flexibility index (Phi) is 3.29. The van der Waals surface area contributed by atoms with Gasteiger partial charge in [-0.1, -0.05) is 5.92 Å². The molecule has 1 rings (SSSR count). The summed E-state index contributed by atoms with van der Waals surface area (Å²) in [6, 6.07) is 1.55. The fraction of sp³-hybridized carbons (Fsp3) is 0.400. The van der Waals surface area contributed by atoms with Crippen LogP contribution in [0, 0.1) is 11.8 Å². The van der Waals surface area contributed by atoms with Gasteiger partial charge in [0.15, 0.2) is 0 Å². The third-order valence-corrected chi connectivity index (χ3v) is 1.78. The summed E-state index contributed by atoms with van der Waals surface area (Å²) in [7, 11) is 3.74. The fourth-order valence-corrected chi connectivity index (χ4v) is 0.941. The van der Waals surface area contributed by atoms with E-state index in [0.717, 1.165) is 5.69 Å². The van der Waals surface area contributed by atoms with Gasteiger partial charge >= 0.3 is 0 Å². The largest absolute Gasteiger partial charge is 0.376 e. The van der Waals surface area contributed by atoms with Crippen LogP contribution in [0.5, 0.6) is 0 Å². The van der Waals surface area contributed by atoms with E-state index < -0.39 is 0 Å². The van der Waals surface area contributed by atoms with Gasteiger partial charge in [-0.2, -0.15) is 5.10 Å². The normalized spacial score (nSPS) is 9.07. The molecule has 74 valence electrons. The summed E-state index contributed by atoms with van der Waals surface area (Å²) in [4.78, 5) is 13.3. The van der Waals surface area contributed by atoms with Gasteiger partial charge in [0.2, 0.25) is 0 Å². The van der Waals surface area contributed by atoms with Crippen molar-refractivity contribution >= 4 is 5.69 Å². The Morgan fingerprint density at radius 3 is 2.79 bits per heavy atom. The monoisotopic (exact) mass is 191 g/mol. The number of anilines is 1. The van der Waals surface area contributed by atoms with Crippen LogP contribution >= 0.6 is 0 Å². The second-order valence-electron chi connectivity index (χ2n) is 3.03. The van der Waals surface area contributed by atoms with Gasteiger partial charge in [0, 0.05) is 20.2 Å². The lowest BCUT2D eigenvalue weighted by atomic mass is 10.4. The molecule has 1 aromatic rings. The molecule has 0 aliphatic carbocycles. The topological polar surface area (TPSA) is 38.1 Å². The Morgan fingerprint density at radius 1 is 1.57 bits per heavy atom. The molecule has 0 aliphatic rings. The molecule has 0 radical (unpaired) electrons. The Hall–Kier alpha value is -1.76. The predicted molar refractivity (Wildman–Crippen MR) is 56.3 cm³/mol. The second-order valence-corrected chi connectivity index (χ2v) is 3.03. The van der Waals surface area contributed by atoms with Gasteiger partial charge < -0.3 is 4.90 Å². The van der Waals surface area contributed by atoms with Crippen LogP contribution in [0.1, 0.15) is 6.92 Å². The van der Waals surface area contributed by atoms with E-state index in [1.165, 1.54) is 4.68 Å². The van der Waals surface area contributed by atoms with Crippen LogP contribution in [-0.4, -0.2) is 23.9 Å². The van der Waals surface area contributed by atoms with Gasteiger partial charge in [-0.25, -0.2) is 4.68 Å². The summed E-state index contributed by atoms with van der Waals surface area (Å²) in [5, 5.41) is 4.00. The lowest BCUT2D eigenvalue weighted by Crippen LogP contribution is -2.23. The first-order valence-electron chi connectivity index (χ1n) is 4.29. The molecule has 0 unspecified atom stereocenters. The van der Waals surface area contributed by atoms with Gasteiger partial charge in [0.05, 0.1) is 11.9 Å². The number of nitrogens with zero attached hydrogens (tertiary/aromatic N) is 3. The van der Waals surface area contributed by atoms with E-state index in [4.69, 9.17) is 0 Å². The van der Waals surface area contributed by atoms with Crippen molar-refractivity contribution in [3.63, 3.8) is 0 Å². The van der Waals surface area contributed by atoms with E-state index in [-0.39, 0.29) is 5.56 Å². The molecule has 0 aromatic carbocycles. The van der Waals surface area contributed by atoms with Crippen LogP contribution in [0.2, 0.25) is 0 Å². The molecule has 14 heavy (non-hydrogen) atoms. The molecule has 4 nitrogen and oxygen atoms in total. The highest BCUT2D eigenvalue weighted by Crippen LogP contribution is 2.02. The smallest absolute Gasteiger partial charge is 0.269 e. The number of hydrogen-bond donors (Lipinski definition) is 0. The number of aromatic nitrogens is 2. The fourth-order valence-electron chi connectivity index (χ4n) is 0.941. The SMILES string of the molecule is CC#CCn1ncc(N(C)C)cc1=O. The number of hydrogen-bond acceptors (Lipinski definition) is 3. The molecular formula is C10H13N3O. The zero-order valence-electron chi connectivity index (χ0n) is 8.61. The molecule has 4 heteroatoms. The second kappa shape index (κ2) is 4.47. The van der Waals surface area contributed by atoms with Gasteiger partial charge in [-0.15, -0.1) is 5.92 Å². The van der Waals surface area contributed by atoms with Crippen molar-refractivity contribution in [1.29, 1.82) is 0 Å². The quantitative estimate of drug-likeness (QED) is 0.632. The van der Waals surface area contributed by atoms with Crippen LogP contribution in [0.4, 0.5) is 5.69 Å². The van der Waals surface area contributed by atoms with Gasteiger partial charge in [0.25, 0.3) is 5.56 Å². The molecule has 0 N–H and O–H groups in total. The molecule has 0 atom stereocenters. The van der Waals surface area contributed by atoms with E-state index in [9.17, 15) is 4.79 Å². The summed E-state index contributed by atoms with van der Waals surface area (Å²) in [5.74, 6) is 5.51. The van der Waals surface area contributed by atoms with Crippen molar-refractivity contribution in [1.82, 2.24) is 9.78 Å². The predicted octanol–water partition coefficient (Wildman–Crippen LogP) is 0.333. The maximum absolute atomic E-state index is 11.5. The molecule has 1 aromatic heterocycles. The Balaban J connectivity index is 3.00. The summed E-state index contributed by atoms with van der Waals surface area (Å²) in [6.45, 7) is 2.09. The van der Waals surface area contributed by atoms with Crippen LogP contribution in [0.15, 0.2) is 17.1 Å². The van der Waals surface area contributed by atoms with Gasteiger partial charge in [-0.05, 0) is 6.92 Å². The Bertz CT molecular complexity index is 423. The Morgan fingerprint density at radius 2 is 2.29 bits per heavy atom. The third kappa shape index (κ3) is 2.36. The molecule has 0 spiro atoms. The summed E-state index contributed by atoms with van der Waals surface area (Å²) in [6.07, 6.45) is 1.65. The van der Waals surface area contributed by atoms with Crippen molar-refractivity contribution in [3.8, 4) is 11.8 Å². The molecule has 0 aliphatic heterocycles. The van der Waals surface area contributed by atoms with E-state index in [0.29, 0.717) is 6.54 Å².